The van der Waals surface area contributed by atoms with Crippen molar-refractivity contribution in [3.8, 4) is 0 Å². The van der Waals surface area contributed by atoms with Crippen molar-refractivity contribution in [2.75, 3.05) is 11.9 Å². The molecule has 7 heteroatoms. The number of hydrogen-bond donors (Lipinski definition) is 1. The van der Waals surface area contributed by atoms with Gasteiger partial charge in [0.15, 0.2) is 0 Å². The quantitative estimate of drug-likeness (QED) is 0.785. The van der Waals surface area contributed by atoms with Gasteiger partial charge in [0.1, 0.15) is 16.7 Å². The number of aromatic nitrogens is 4. The van der Waals surface area contributed by atoms with Crippen LogP contribution in [0.3, 0.4) is 0 Å². The topological polar surface area (TPSA) is 76.7 Å². The molecule has 0 spiro atoms. The van der Waals surface area contributed by atoms with E-state index in [0.29, 0.717) is 11.1 Å². The Hall–Kier alpha value is -1.63. The van der Waals surface area contributed by atoms with Gasteiger partial charge in [0.25, 0.3) is 5.22 Å². The van der Waals surface area contributed by atoms with Gasteiger partial charge in [-0.2, -0.15) is 0 Å². The van der Waals surface area contributed by atoms with Crippen molar-refractivity contribution < 1.29 is 4.42 Å². The molecule has 0 radical (unpaired) electrons. The molecule has 0 aromatic carbocycles. The van der Waals surface area contributed by atoms with E-state index in [-0.39, 0.29) is 0 Å². The highest BCUT2D eigenvalue weighted by molar-refractivity contribution is 7.99. The van der Waals surface area contributed by atoms with Crippen molar-refractivity contribution in [1.82, 2.24) is 20.2 Å². The maximum atomic E-state index is 5.42. The van der Waals surface area contributed by atoms with E-state index in [1.165, 1.54) is 11.8 Å². The molecule has 0 aliphatic carbocycles. The SMILES string of the molecule is CCCNc1nc(CCC)nc(Sc2nnc(C)o2)c1C. The van der Waals surface area contributed by atoms with Crippen molar-refractivity contribution in [2.45, 2.75) is 57.2 Å². The molecule has 0 unspecified atom stereocenters. The van der Waals surface area contributed by atoms with Crippen LogP contribution < -0.4 is 5.32 Å². The molecule has 114 valence electrons. The molecule has 0 saturated heterocycles. The highest BCUT2D eigenvalue weighted by Gasteiger charge is 2.14. The van der Waals surface area contributed by atoms with E-state index in [4.69, 9.17) is 4.42 Å². The van der Waals surface area contributed by atoms with Crippen LogP contribution in [-0.4, -0.2) is 26.7 Å². The summed E-state index contributed by atoms with van der Waals surface area (Å²) in [6.07, 6.45) is 2.93. The summed E-state index contributed by atoms with van der Waals surface area (Å²) >= 11 is 1.39. The highest BCUT2D eigenvalue weighted by atomic mass is 32.2. The van der Waals surface area contributed by atoms with Crippen molar-refractivity contribution in [2.24, 2.45) is 0 Å². The van der Waals surface area contributed by atoms with Crippen LogP contribution in [0.2, 0.25) is 0 Å². The first-order valence-corrected chi connectivity index (χ1v) is 8.05. The molecule has 0 atom stereocenters. The molecule has 6 nitrogen and oxygen atoms in total. The minimum atomic E-state index is 0.512. The lowest BCUT2D eigenvalue weighted by Gasteiger charge is -2.12. The third kappa shape index (κ3) is 4.17. The Balaban J connectivity index is 2.30. The molecule has 0 saturated carbocycles. The molecular weight excluding hydrogens is 286 g/mol. The number of anilines is 1. The van der Waals surface area contributed by atoms with Crippen molar-refractivity contribution in [1.29, 1.82) is 0 Å². The Kier molecular flexibility index (Phi) is 5.55. The first kappa shape index (κ1) is 15.8. The lowest BCUT2D eigenvalue weighted by molar-refractivity contribution is 0.429. The molecule has 21 heavy (non-hydrogen) atoms. The number of nitrogens with one attached hydrogen (secondary N) is 1. The van der Waals surface area contributed by atoms with Crippen LogP contribution >= 0.6 is 11.8 Å². The van der Waals surface area contributed by atoms with Gasteiger partial charge in [-0.25, -0.2) is 9.97 Å². The summed E-state index contributed by atoms with van der Waals surface area (Å²) < 4.78 is 5.42. The van der Waals surface area contributed by atoms with Gasteiger partial charge in [-0.15, -0.1) is 10.2 Å². The fourth-order valence-corrected chi connectivity index (χ4v) is 2.60. The average Bonchev–Trinajstić information content (AvgIpc) is 2.86. The number of rotatable bonds is 7. The van der Waals surface area contributed by atoms with Gasteiger partial charge in [0, 0.05) is 25.5 Å². The second kappa shape index (κ2) is 7.40. The van der Waals surface area contributed by atoms with E-state index in [2.05, 4.69) is 39.3 Å². The van der Waals surface area contributed by atoms with Crippen LogP contribution in [0.25, 0.3) is 0 Å². The molecule has 2 aromatic heterocycles. The summed E-state index contributed by atoms with van der Waals surface area (Å²) in [5.74, 6) is 2.30. The van der Waals surface area contributed by atoms with Gasteiger partial charge < -0.3 is 9.73 Å². The summed E-state index contributed by atoms with van der Waals surface area (Å²) in [7, 11) is 0. The molecular formula is C14H21N5OS. The van der Waals surface area contributed by atoms with E-state index in [1.54, 1.807) is 6.92 Å². The van der Waals surface area contributed by atoms with E-state index in [0.717, 1.165) is 48.0 Å². The zero-order valence-corrected chi connectivity index (χ0v) is 13.8. The summed E-state index contributed by atoms with van der Waals surface area (Å²) in [5.41, 5.74) is 1.02. The van der Waals surface area contributed by atoms with Crippen molar-refractivity contribution in [3.63, 3.8) is 0 Å². The van der Waals surface area contributed by atoms with Gasteiger partial charge in [-0.3, -0.25) is 0 Å². The number of nitrogens with zero attached hydrogens (tertiary/aromatic N) is 4. The first-order valence-electron chi connectivity index (χ1n) is 7.23. The van der Waals surface area contributed by atoms with Gasteiger partial charge >= 0.3 is 0 Å². The minimum Gasteiger partial charge on any atom is -0.416 e. The largest absolute Gasteiger partial charge is 0.416 e. The maximum absolute atomic E-state index is 5.42. The monoisotopic (exact) mass is 307 g/mol. The lowest BCUT2D eigenvalue weighted by atomic mass is 10.3. The molecule has 2 heterocycles. The summed E-state index contributed by atoms with van der Waals surface area (Å²) in [6, 6.07) is 0. The predicted molar refractivity (Wildman–Crippen MR) is 82.7 cm³/mol. The number of hydrogen-bond acceptors (Lipinski definition) is 7. The zero-order valence-electron chi connectivity index (χ0n) is 12.9. The zero-order chi connectivity index (χ0) is 15.2. The van der Waals surface area contributed by atoms with E-state index in [9.17, 15) is 0 Å². The van der Waals surface area contributed by atoms with Crippen LogP contribution in [0.4, 0.5) is 5.82 Å². The van der Waals surface area contributed by atoms with Crippen molar-refractivity contribution >= 4 is 17.6 Å². The van der Waals surface area contributed by atoms with Crippen LogP contribution in [0.1, 0.15) is 44.0 Å². The predicted octanol–water partition coefficient (Wildman–Crippen LogP) is 3.40. The highest BCUT2D eigenvalue weighted by Crippen LogP contribution is 2.30. The summed E-state index contributed by atoms with van der Waals surface area (Å²) in [5, 5.41) is 12.6. The third-order valence-corrected chi connectivity index (χ3v) is 3.79. The van der Waals surface area contributed by atoms with E-state index >= 15 is 0 Å². The Morgan fingerprint density at radius 3 is 2.52 bits per heavy atom. The van der Waals surface area contributed by atoms with E-state index in [1.807, 2.05) is 6.92 Å². The summed E-state index contributed by atoms with van der Waals surface area (Å²) in [4.78, 5) is 9.22. The Morgan fingerprint density at radius 2 is 1.90 bits per heavy atom. The molecule has 0 aliphatic heterocycles. The Labute approximate surface area is 129 Å². The second-order valence-electron chi connectivity index (χ2n) is 4.78. The third-order valence-electron chi connectivity index (χ3n) is 2.85. The average molecular weight is 307 g/mol. The standard InChI is InChI=1S/C14H21N5OS/c1-5-7-11-16-12(15-8-6-2)9(3)13(17-11)21-14-19-18-10(4)20-14/h5-8H2,1-4H3,(H,15,16,17). The molecule has 0 fully saturated rings. The maximum Gasteiger partial charge on any atom is 0.282 e. The summed E-state index contributed by atoms with van der Waals surface area (Å²) in [6.45, 7) is 8.94. The van der Waals surface area contributed by atoms with Gasteiger partial charge in [0.2, 0.25) is 5.89 Å². The van der Waals surface area contributed by atoms with E-state index < -0.39 is 0 Å². The van der Waals surface area contributed by atoms with Crippen LogP contribution in [-0.2, 0) is 6.42 Å². The molecule has 0 bridgehead atoms. The molecule has 0 amide bonds. The fraction of sp³-hybridized carbons (Fsp3) is 0.571. The van der Waals surface area contributed by atoms with Gasteiger partial charge in [-0.1, -0.05) is 13.8 Å². The lowest BCUT2D eigenvalue weighted by Crippen LogP contribution is -2.08. The van der Waals surface area contributed by atoms with Gasteiger partial charge in [-0.05, 0) is 31.5 Å². The number of aryl methyl sites for hydroxylation is 2. The van der Waals surface area contributed by atoms with Crippen LogP contribution in [0.15, 0.2) is 14.7 Å². The van der Waals surface area contributed by atoms with Gasteiger partial charge in [0.05, 0.1) is 0 Å². The Bertz CT molecular complexity index is 599. The fourth-order valence-electron chi connectivity index (χ4n) is 1.79. The smallest absolute Gasteiger partial charge is 0.282 e. The van der Waals surface area contributed by atoms with Crippen LogP contribution in [0.5, 0.6) is 0 Å². The molecule has 2 rings (SSSR count). The normalized spacial score (nSPS) is 10.9. The van der Waals surface area contributed by atoms with Crippen LogP contribution in [0, 0.1) is 13.8 Å². The minimum absolute atomic E-state index is 0.512. The van der Waals surface area contributed by atoms with Crippen molar-refractivity contribution in [3.05, 3.63) is 17.3 Å². The second-order valence-corrected chi connectivity index (χ2v) is 5.72. The first-order chi connectivity index (χ1) is 10.1. The molecule has 0 aliphatic rings. The molecule has 1 N–H and O–H groups in total. The Morgan fingerprint density at radius 1 is 1.10 bits per heavy atom. The molecule has 2 aromatic rings.